The maximum atomic E-state index is 13.1. The van der Waals surface area contributed by atoms with Gasteiger partial charge in [-0.25, -0.2) is 0 Å². The van der Waals surface area contributed by atoms with E-state index in [0.29, 0.717) is 33.6 Å². The number of imide groups is 1. The zero-order valence-electron chi connectivity index (χ0n) is 19.4. The highest BCUT2D eigenvalue weighted by Crippen LogP contribution is 2.39. The molecule has 0 unspecified atom stereocenters. The molecule has 2 amide bonds. The molecule has 1 fully saturated rings. The molecule has 0 aliphatic carbocycles. The van der Waals surface area contributed by atoms with Gasteiger partial charge in [0.25, 0.3) is 11.1 Å². The molecule has 180 valence electrons. The quantitative estimate of drug-likeness (QED) is 0.241. The molecule has 4 aromatic rings. The minimum Gasteiger partial charge on any atom is -0.493 e. The van der Waals surface area contributed by atoms with Crippen molar-refractivity contribution in [1.82, 2.24) is 4.90 Å². The molecule has 0 aromatic heterocycles. The first-order valence-electron chi connectivity index (χ1n) is 11.3. The van der Waals surface area contributed by atoms with E-state index in [1.165, 1.54) is 12.0 Å². The third-order valence-corrected chi connectivity index (χ3v) is 6.99. The number of hydrogen-bond acceptors (Lipinski definition) is 5. The number of hydrogen-bond donors (Lipinski definition) is 0. The zero-order valence-corrected chi connectivity index (χ0v) is 21.0. The Morgan fingerprint density at radius 3 is 2.42 bits per heavy atom. The van der Waals surface area contributed by atoms with Crippen LogP contribution in [0.1, 0.15) is 16.7 Å². The van der Waals surface area contributed by atoms with Gasteiger partial charge in [0, 0.05) is 0 Å². The van der Waals surface area contributed by atoms with Gasteiger partial charge in [-0.3, -0.25) is 14.5 Å². The lowest BCUT2D eigenvalue weighted by atomic mass is 10.1. The molecule has 1 aliphatic heterocycles. The van der Waals surface area contributed by atoms with Gasteiger partial charge in [-0.05, 0) is 63.5 Å². The second-order valence-corrected chi connectivity index (χ2v) is 9.66. The van der Waals surface area contributed by atoms with E-state index in [2.05, 4.69) is 0 Å². The van der Waals surface area contributed by atoms with Gasteiger partial charge in [0.05, 0.1) is 23.6 Å². The molecule has 1 aliphatic rings. The van der Waals surface area contributed by atoms with Gasteiger partial charge in [0.15, 0.2) is 11.5 Å². The zero-order chi connectivity index (χ0) is 25.1. The van der Waals surface area contributed by atoms with E-state index < -0.39 is 0 Å². The van der Waals surface area contributed by atoms with Gasteiger partial charge >= 0.3 is 0 Å². The molecule has 0 N–H and O–H groups in total. The summed E-state index contributed by atoms with van der Waals surface area (Å²) in [6.07, 6.45) is 1.65. The first-order chi connectivity index (χ1) is 17.5. The average Bonchev–Trinajstić information content (AvgIpc) is 3.15. The van der Waals surface area contributed by atoms with Crippen LogP contribution >= 0.6 is 23.4 Å². The maximum Gasteiger partial charge on any atom is 0.293 e. The Morgan fingerprint density at radius 2 is 1.64 bits per heavy atom. The van der Waals surface area contributed by atoms with Crippen molar-refractivity contribution in [1.29, 1.82) is 0 Å². The molecule has 0 radical (unpaired) electrons. The normalized spacial score (nSPS) is 14.6. The van der Waals surface area contributed by atoms with Crippen molar-refractivity contribution in [3.05, 3.63) is 112 Å². The number of benzene rings is 4. The lowest BCUT2D eigenvalue weighted by Crippen LogP contribution is -2.27. The lowest BCUT2D eigenvalue weighted by molar-refractivity contribution is -0.123. The fraction of sp³-hybridized carbons (Fsp3) is 0.103. The number of rotatable bonds is 7. The summed E-state index contributed by atoms with van der Waals surface area (Å²) < 4.78 is 11.4. The fourth-order valence-corrected chi connectivity index (χ4v) is 5.11. The first kappa shape index (κ1) is 24.0. The molecule has 7 heteroatoms. The van der Waals surface area contributed by atoms with Crippen LogP contribution in [0.5, 0.6) is 11.5 Å². The lowest BCUT2D eigenvalue weighted by Gasteiger charge is -2.14. The molecule has 1 heterocycles. The number of nitrogens with zero attached hydrogens (tertiary/aromatic N) is 1. The van der Waals surface area contributed by atoms with Crippen LogP contribution in [-0.2, 0) is 17.9 Å². The van der Waals surface area contributed by atoms with Crippen LogP contribution in [0.4, 0.5) is 4.79 Å². The van der Waals surface area contributed by atoms with Crippen LogP contribution in [0.2, 0.25) is 5.02 Å². The van der Waals surface area contributed by atoms with Gasteiger partial charge in [0.1, 0.15) is 6.61 Å². The van der Waals surface area contributed by atoms with Gasteiger partial charge in [-0.1, -0.05) is 78.3 Å². The summed E-state index contributed by atoms with van der Waals surface area (Å²) >= 11 is 7.42. The third kappa shape index (κ3) is 5.10. The fourth-order valence-electron chi connectivity index (χ4n) is 4.00. The van der Waals surface area contributed by atoms with Crippen LogP contribution in [-0.4, -0.2) is 23.2 Å². The minimum absolute atomic E-state index is 0.211. The van der Waals surface area contributed by atoms with Crippen LogP contribution < -0.4 is 9.47 Å². The highest BCUT2D eigenvalue weighted by Gasteiger charge is 2.35. The SMILES string of the molecule is COc1cc(/C=C2\SC(=O)N(Cc3ccc4ccccc4c3)C2=O)cc(Cl)c1OCc1ccccc1. The summed E-state index contributed by atoms with van der Waals surface area (Å²) in [5, 5.41) is 2.22. The summed E-state index contributed by atoms with van der Waals surface area (Å²) in [7, 11) is 1.53. The standard InChI is InChI=1S/C29H22ClNO4S/c1-34-25-15-21(14-24(30)27(25)35-18-19-7-3-2-4-8-19)16-26-28(32)31(29(33)36-26)17-20-11-12-22-9-5-6-10-23(22)13-20/h2-16H,17-18H2,1H3/b26-16-. The van der Waals surface area contributed by atoms with Crippen molar-refractivity contribution in [3.8, 4) is 11.5 Å². The Hall–Kier alpha value is -3.74. The van der Waals surface area contributed by atoms with Crippen molar-refractivity contribution in [2.24, 2.45) is 0 Å². The van der Waals surface area contributed by atoms with Crippen LogP contribution in [0.25, 0.3) is 16.8 Å². The number of amides is 2. The molecule has 5 rings (SSSR count). The number of ether oxygens (including phenoxy) is 2. The summed E-state index contributed by atoms with van der Waals surface area (Å²) in [5.74, 6) is 0.530. The second kappa shape index (κ2) is 10.5. The minimum atomic E-state index is -0.336. The summed E-state index contributed by atoms with van der Waals surface area (Å²) in [6, 6.07) is 27.1. The molecule has 1 saturated heterocycles. The number of halogens is 1. The van der Waals surface area contributed by atoms with E-state index in [9.17, 15) is 9.59 Å². The Balaban J connectivity index is 1.35. The van der Waals surface area contributed by atoms with Crippen LogP contribution in [0, 0.1) is 0 Å². The number of methoxy groups -OCH3 is 1. The Kier molecular flexibility index (Phi) is 6.98. The van der Waals surface area contributed by atoms with Crippen LogP contribution in [0.3, 0.4) is 0 Å². The molecule has 0 saturated carbocycles. The topological polar surface area (TPSA) is 55.8 Å². The highest BCUT2D eigenvalue weighted by atomic mass is 35.5. The summed E-state index contributed by atoms with van der Waals surface area (Å²) in [5.41, 5.74) is 2.53. The Morgan fingerprint density at radius 1 is 0.889 bits per heavy atom. The van der Waals surface area contributed by atoms with E-state index >= 15 is 0 Å². The van der Waals surface area contributed by atoms with Crippen molar-refractivity contribution < 1.29 is 19.1 Å². The number of thioether (sulfide) groups is 1. The number of carbonyl (C=O) groups is 2. The maximum absolute atomic E-state index is 13.1. The monoisotopic (exact) mass is 515 g/mol. The predicted molar refractivity (Wildman–Crippen MR) is 144 cm³/mol. The molecule has 4 aromatic carbocycles. The summed E-state index contributed by atoms with van der Waals surface area (Å²) in [4.78, 5) is 27.3. The van der Waals surface area contributed by atoms with E-state index in [1.807, 2.05) is 72.8 Å². The van der Waals surface area contributed by atoms with Crippen molar-refractivity contribution in [2.45, 2.75) is 13.2 Å². The van der Waals surface area contributed by atoms with E-state index in [4.69, 9.17) is 21.1 Å². The Labute approximate surface area is 218 Å². The van der Waals surface area contributed by atoms with Gasteiger partial charge in [-0.15, -0.1) is 0 Å². The third-order valence-electron chi connectivity index (χ3n) is 5.80. The van der Waals surface area contributed by atoms with Crippen molar-refractivity contribution in [2.75, 3.05) is 7.11 Å². The van der Waals surface area contributed by atoms with Gasteiger partial charge in [-0.2, -0.15) is 0 Å². The smallest absolute Gasteiger partial charge is 0.293 e. The molecular weight excluding hydrogens is 494 g/mol. The predicted octanol–water partition coefficient (Wildman–Crippen LogP) is 7.32. The first-order valence-corrected chi connectivity index (χ1v) is 12.5. The second-order valence-electron chi connectivity index (χ2n) is 8.26. The molecule has 0 spiro atoms. The van der Waals surface area contributed by atoms with Crippen molar-refractivity contribution in [3.63, 3.8) is 0 Å². The largest absolute Gasteiger partial charge is 0.493 e. The number of fused-ring (bicyclic) bond motifs is 1. The average molecular weight is 516 g/mol. The highest BCUT2D eigenvalue weighted by molar-refractivity contribution is 8.18. The molecular formula is C29H22ClNO4S. The van der Waals surface area contributed by atoms with E-state index in [0.717, 1.165) is 33.7 Å². The van der Waals surface area contributed by atoms with Crippen molar-refractivity contribution >= 4 is 51.4 Å². The number of carbonyl (C=O) groups excluding carboxylic acids is 2. The van der Waals surface area contributed by atoms with E-state index in [-0.39, 0.29) is 17.7 Å². The van der Waals surface area contributed by atoms with Crippen LogP contribution in [0.15, 0.2) is 89.8 Å². The Bertz CT molecular complexity index is 1490. The molecule has 0 bridgehead atoms. The molecule has 0 atom stereocenters. The molecule has 36 heavy (non-hydrogen) atoms. The molecule has 5 nitrogen and oxygen atoms in total. The van der Waals surface area contributed by atoms with Gasteiger partial charge in [0.2, 0.25) is 0 Å². The summed E-state index contributed by atoms with van der Waals surface area (Å²) in [6.45, 7) is 0.549. The van der Waals surface area contributed by atoms with Gasteiger partial charge < -0.3 is 9.47 Å². The van der Waals surface area contributed by atoms with E-state index in [1.54, 1.807) is 18.2 Å².